The number of piperazine rings is 2. The van der Waals surface area contributed by atoms with E-state index < -0.39 is 0 Å². The van der Waals surface area contributed by atoms with Gasteiger partial charge in [0.1, 0.15) is 0 Å². The van der Waals surface area contributed by atoms with Crippen molar-refractivity contribution in [1.82, 2.24) is 30.2 Å². The lowest BCUT2D eigenvalue weighted by molar-refractivity contribution is -0.148. The Morgan fingerprint density at radius 3 is 1.26 bits per heavy atom. The molecule has 2 aromatic carbocycles. The van der Waals surface area contributed by atoms with Crippen LogP contribution in [-0.2, 0) is 22.6 Å². The predicted octanol–water partition coefficient (Wildman–Crippen LogP) is 2.71. The molecule has 0 radical (unpaired) electrons. The molecule has 4 saturated carbocycles. The van der Waals surface area contributed by atoms with Gasteiger partial charge in [-0.3, -0.25) is 0 Å². The van der Waals surface area contributed by atoms with Gasteiger partial charge in [-0.15, -0.1) is 0 Å². The molecule has 10 N–H and O–H groups in total. The van der Waals surface area contributed by atoms with Crippen molar-refractivity contribution in [2.45, 2.75) is 51.6 Å². The van der Waals surface area contributed by atoms with Crippen LogP contribution in [0.1, 0.15) is 49.7 Å². The van der Waals surface area contributed by atoms with E-state index in [0.717, 1.165) is 43.2 Å². The third kappa shape index (κ3) is 9.95. The first-order chi connectivity index (χ1) is 27.8. The number of benzene rings is 2. The first-order valence-electron chi connectivity index (χ1n) is 20.1. The van der Waals surface area contributed by atoms with E-state index in [1.807, 2.05) is 24.3 Å². The van der Waals surface area contributed by atoms with Gasteiger partial charge in [-0.1, -0.05) is 24.3 Å². The zero-order chi connectivity index (χ0) is 40.9. The highest BCUT2D eigenvalue weighted by atomic mass is 16.6. The van der Waals surface area contributed by atoms with Gasteiger partial charge in [0.2, 0.25) is 0 Å². The Morgan fingerprint density at radius 2 is 0.914 bits per heavy atom. The molecule has 8 rings (SSSR count). The maximum Gasteiger partial charge on any atom is 0.409 e. The van der Waals surface area contributed by atoms with E-state index in [1.54, 1.807) is 43.9 Å². The highest BCUT2D eigenvalue weighted by Gasteiger charge is 2.58. The molecule has 6 amide bonds. The number of hydrogen-bond donors (Lipinski definition) is 6. The Labute approximate surface area is 338 Å². The van der Waals surface area contributed by atoms with Gasteiger partial charge in [-0.25, -0.2) is 29.2 Å². The first-order valence-corrected chi connectivity index (χ1v) is 20.1. The van der Waals surface area contributed by atoms with E-state index in [-0.39, 0.29) is 47.0 Å². The maximum absolute atomic E-state index is 13.3. The van der Waals surface area contributed by atoms with Crippen LogP contribution in [0.25, 0.3) is 0 Å². The number of hydrogen-bond acceptors (Lipinski definition) is 8. The van der Waals surface area contributed by atoms with Crippen molar-refractivity contribution in [2.24, 2.45) is 55.6 Å². The minimum atomic E-state index is -0.344. The lowest BCUT2D eigenvalue weighted by atomic mass is 9.44. The van der Waals surface area contributed by atoms with Crippen LogP contribution in [0.2, 0.25) is 0 Å². The van der Waals surface area contributed by atoms with Crippen molar-refractivity contribution in [3.8, 4) is 0 Å². The number of urea groups is 2. The quantitative estimate of drug-likeness (QED) is 0.151. The number of nitrogens with two attached hydrogens (primary N) is 4. The molecule has 4 bridgehead atoms. The van der Waals surface area contributed by atoms with E-state index >= 15 is 0 Å². The molecule has 4 aliphatic carbocycles. The van der Waals surface area contributed by atoms with Crippen LogP contribution in [0.15, 0.2) is 58.5 Å². The molecule has 0 aromatic heterocycles. The fourth-order valence-electron chi connectivity index (χ4n) is 10.0. The van der Waals surface area contributed by atoms with Crippen LogP contribution in [0, 0.1) is 22.7 Å². The largest absolute Gasteiger partial charge is 0.449 e. The molecule has 6 aliphatic rings. The van der Waals surface area contributed by atoms with E-state index in [9.17, 15) is 19.2 Å². The average molecular weight is 801 g/mol. The molecular formula is C40H56N12O6. The number of rotatable bonds is 10. The van der Waals surface area contributed by atoms with Crippen molar-refractivity contribution in [3.63, 3.8) is 0 Å². The molecule has 0 atom stereocenters. The molecule has 2 aliphatic heterocycles. The molecule has 312 valence electrons. The lowest BCUT2D eigenvalue weighted by Crippen LogP contribution is -2.57. The summed E-state index contributed by atoms with van der Waals surface area (Å²) in [6, 6.07) is 14.2. The third-order valence-electron chi connectivity index (χ3n) is 12.2. The number of guanidine groups is 2. The second-order valence-electron chi connectivity index (χ2n) is 16.7. The van der Waals surface area contributed by atoms with Crippen molar-refractivity contribution in [1.29, 1.82) is 0 Å². The highest BCUT2D eigenvalue weighted by Crippen LogP contribution is 2.65. The fourth-order valence-corrected chi connectivity index (χ4v) is 10.0. The summed E-state index contributed by atoms with van der Waals surface area (Å²) in [7, 11) is 0. The molecule has 0 spiro atoms. The summed E-state index contributed by atoms with van der Waals surface area (Å²) in [5.74, 6) is 1.01. The normalized spacial score (nSPS) is 24.8. The number of ether oxygens (including phenoxy) is 2. The Kier molecular flexibility index (Phi) is 12.0. The Hall–Kier alpha value is -5.94. The molecule has 0 unspecified atom stereocenters. The van der Waals surface area contributed by atoms with Crippen LogP contribution in [-0.4, -0.2) is 121 Å². The van der Waals surface area contributed by atoms with Crippen LogP contribution < -0.4 is 33.6 Å². The minimum Gasteiger partial charge on any atom is -0.449 e. The third-order valence-corrected chi connectivity index (χ3v) is 12.2. The summed E-state index contributed by atoms with van der Waals surface area (Å²) in [4.78, 5) is 67.1. The van der Waals surface area contributed by atoms with Gasteiger partial charge < -0.3 is 62.6 Å². The number of amides is 6. The predicted molar refractivity (Wildman–Crippen MR) is 217 cm³/mol. The summed E-state index contributed by atoms with van der Waals surface area (Å²) in [6.07, 6.45) is 5.42. The van der Waals surface area contributed by atoms with Crippen molar-refractivity contribution in [3.05, 3.63) is 59.7 Å². The number of carbonyl (C=O) groups excluding carboxylic acids is 4. The molecule has 18 nitrogen and oxygen atoms in total. The van der Waals surface area contributed by atoms with Gasteiger partial charge in [-0.2, -0.15) is 0 Å². The van der Waals surface area contributed by atoms with E-state index in [0.29, 0.717) is 102 Å². The standard InChI is InChI=1S/C40H56N12O6/c41-33(42)47-31-5-1-27(2-6-31)22-45-35(53)49-9-13-51(14-10-49)37(55)57-25-39-18-29-17-30(19-39)21-40(20-29,24-39)26-58-38(56)52-15-11-50(12-16-52)36(54)46-23-28-3-7-32(8-4-28)48-34(43)44/h1-8,29-30H,9-26H2,(H,45,53)(H,46,54)(H4,41,42,47)(H4,43,44,48). The van der Waals surface area contributed by atoms with Crippen LogP contribution >= 0.6 is 0 Å². The number of nitrogens with zero attached hydrogens (tertiary/aromatic N) is 6. The zero-order valence-electron chi connectivity index (χ0n) is 32.9. The summed E-state index contributed by atoms with van der Waals surface area (Å²) >= 11 is 0. The van der Waals surface area contributed by atoms with Gasteiger partial charge in [-0.05, 0) is 85.8 Å². The van der Waals surface area contributed by atoms with Crippen molar-refractivity contribution < 1.29 is 28.7 Å². The Bertz CT molecular complexity index is 1720. The van der Waals surface area contributed by atoms with Crippen LogP contribution in [0.3, 0.4) is 0 Å². The van der Waals surface area contributed by atoms with Crippen LogP contribution in [0.4, 0.5) is 30.6 Å². The van der Waals surface area contributed by atoms with E-state index in [4.69, 9.17) is 32.4 Å². The topological polar surface area (TPSA) is 253 Å². The molecule has 2 heterocycles. The fraction of sp³-hybridized carbons (Fsp3) is 0.550. The molecular weight excluding hydrogens is 745 g/mol. The summed E-state index contributed by atoms with van der Waals surface area (Å²) in [5, 5.41) is 5.88. The second-order valence-corrected chi connectivity index (χ2v) is 16.7. The van der Waals surface area contributed by atoms with Gasteiger partial charge in [0.15, 0.2) is 11.9 Å². The van der Waals surface area contributed by atoms with E-state index in [1.165, 1.54) is 6.42 Å². The molecule has 2 aromatic rings. The van der Waals surface area contributed by atoms with Gasteiger partial charge in [0, 0.05) is 76.3 Å². The number of nitrogens with one attached hydrogen (secondary N) is 2. The molecule has 2 saturated heterocycles. The number of carbonyl (C=O) groups is 4. The average Bonchev–Trinajstić information content (AvgIpc) is 3.20. The lowest BCUT2D eigenvalue weighted by Gasteiger charge is -2.61. The summed E-state index contributed by atoms with van der Waals surface area (Å²) in [6.45, 7) is 4.65. The maximum atomic E-state index is 13.3. The highest BCUT2D eigenvalue weighted by molar-refractivity contribution is 5.79. The second kappa shape index (κ2) is 17.3. The monoisotopic (exact) mass is 800 g/mol. The SMILES string of the molecule is NC(N)=Nc1ccc(CNC(=O)N2CCN(C(=O)OCC34CC5CC(C3)CC(COC(=O)N3CCN(C(=O)NCc6ccc(N=C(N)N)cc6)CC3)(C5)C4)CC2)cc1. The van der Waals surface area contributed by atoms with Gasteiger partial charge >= 0.3 is 24.2 Å². The Balaban J connectivity index is 0.818. The summed E-state index contributed by atoms with van der Waals surface area (Å²) in [5.41, 5.74) is 24.6. The zero-order valence-corrected chi connectivity index (χ0v) is 32.9. The van der Waals surface area contributed by atoms with Gasteiger partial charge in [0.05, 0.1) is 24.6 Å². The van der Waals surface area contributed by atoms with Crippen molar-refractivity contribution >= 4 is 47.5 Å². The summed E-state index contributed by atoms with van der Waals surface area (Å²) < 4.78 is 12.1. The molecule has 58 heavy (non-hydrogen) atoms. The molecule has 6 fully saturated rings. The smallest absolute Gasteiger partial charge is 0.409 e. The van der Waals surface area contributed by atoms with Crippen LogP contribution in [0.5, 0.6) is 0 Å². The number of aliphatic imine (C=N–C) groups is 2. The first kappa shape index (κ1) is 40.3. The Morgan fingerprint density at radius 1 is 0.569 bits per heavy atom. The van der Waals surface area contributed by atoms with Gasteiger partial charge in [0.25, 0.3) is 0 Å². The minimum absolute atomic E-state index is 0.0164. The van der Waals surface area contributed by atoms with Crippen molar-refractivity contribution in [2.75, 3.05) is 65.6 Å². The van der Waals surface area contributed by atoms with E-state index in [2.05, 4.69) is 20.6 Å². The molecule has 18 heteroatoms.